The number of hydrogen-bond acceptors (Lipinski definition) is 9. The number of aliphatic imine (C=N–C) groups is 7. The number of benzene rings is 8. The molecule has 3 aliphatic heterocycles. The largest absolute Gasteiger partial charge is 0.491 e. The van der Waals surface area contributed by atoms with Crippen LogP contribution < -0.4 is 42.0 Å². The first-order valence-electron chi connectivity index (χ1n) is 57.3. The molecule has 4 bridgehead atoms. The average molecular weight is 2000 g/mol. The van der Waals surface area contributed by atoms with Crippen molar-refractivity contribution in [1.29, 1.82) is 0 Å². The summed E-state index contributed by atoms with van der Waals surface area (Å²) in [5.41, 5.74) is 8.91. The van der Waals surface area contributed by atoms with Gasteiger partial charge in [0.25, 0.3) is 0 Å². The van der Waals surface area contributed by atoms with E-state index in [0.29, 0.717) is 60.4 Å². The number of ether oxygens (including phenoxy) is 2. The zero-order chi connectivity index (χ0) is 102. The molecular weight excluding hydrogens is 1820 g/mol. The highest BCUT2D eigenvalue weighted by Crippen LogP contribution is 2.56. The van der Waals surface area contributed by atoms with E-state index in [9.17, 15) is 0 Å². The van der Waals surface area contributed by atoms with Gasteiger partial charge in [-0.25, -0.2) is 34.9 Å². The number of guanidine groups is 7. The second-order valence-electron chi connectivity index (χ2n) is 45.1. The van der Waals surface area contributed by atoms with Crippen LogP contribution in [0.4, 0.5) is 28.4 Å². The standard InChI is InChI=1S/C26H27N3O.C23H39N3.C20H30N6.C19H35N3.C19H17N3.C17H31N3O/c1-28-24(19-11-5-3-6-12-19)25(20-13-7-4-8-14-20)29(2)26(28)27-22-17-21-15-9-10-16-23(21)30-18-22;1-3-7-20(8-4-1)24-22(25-21-9-5-2-6-10-21)26-23-14-17-11-18(15-23)13-19(12-17)16-23;1-23(2)19(24(3)4)21-16-13-9-11-15-12-10-14-17(18(15)16)22-20(25(5)6)26(7)8;2*1-4-10-16(11-5-1)20-19(21-17-12-6-2-7-13-17)22-18-14-8-3-9-15-18;1-3-7-15(8-4-1)18-17(20-11-13-21-14-12-20)19-16-9-5-2-6-10-16/h3-16,22,24-25H,17-18H2,1-2H3;17-21H,1-16H2,(H2,24,25,26);9-14H,1-8H3;16-18H,1-15H2,(H2,20,21,22);1-15H,(H2,20,21,22);15-16H,1-14H2,(H,18,19). The molecule has 7 N–H and O–H groups in total. The lowest BCUT2D eigenvalue weighted by Crippen LogP contribution is -2.62. The lowest BCUT2D eigenvalue weighted by atomic mass is 9.53. The van der Waals surface area contributed by atoms with Crippen molar-refractivity contribution in [3.63, 3.8) is 0 Å². The number of para-hydroxylation sites is 4. The Balaban J connectivity index is 0.000000127. The van der Waals surface area contributed by atoms with Crippen molar-refractivity contribution in [3.05, 3.63) is 229 Å². The molecular formula is C124H179N21O2. The minimum atomic E-state index is 0.116. The fraction of sp³-hybridized carbons (Fsp3) is 0.573. The molecule has 11 aliphatic carbocycles. The number of hydrogen-bond donors (Lipinski definition) is 7. The van der Waals surface area contributed by atoms with Crippen molar-refractivity contribution < 1.29 is 9.47 Å². The molecule has 14 aliphatic rings. The number of fused-ring (bicyclic) bond motifs is 2. The maximum atomic E-state index is 6.00. The first-order valence-corrected chi connectivity index (χ1v) is 57.3. The van der Waals surface area contributed by atoms with Crippen molar-refractivity contribution in [2.24, 2.45) is 52.7 Å². The maximum Gasteiger partial charge on any atom is 0.205 e. The van der Waals surface area contributed by atoms with Gasteiger partial charge in [-0.3, -0.25) is 0 Å². The lowest BCUT2D eigenvalue weighted by molar-refractivity contribution is -0.0107. The molecule has 3 unspecified atom stereocenters. The van der Waals surface area contributed by atoms with Crippen LogP contribution in [0.15, 0.2) is 247 Å². The van der Waals surface area contributed by atoms with Crippen molar-refractivity contribution in [2.75, 3.05) is 114 Å². The summed E-state index contributed by atoms with van der Waals surface area (Å²) in [4.78, 5) is 50.3. The molecule has 0 amide bonds. The smallest absolute Gasteiger partial charge is 0.205 e. The van der Waals surface area contributed by atoms with Gasteiger partial charge in [0, 0.05) is 136 Å². The van der Waals surface area contributed by atoms with E-state index in [1.807, 2.05) is 203 Å². The quantitative estimate of drug-likeness (QED) is 0.0354. The second-order valence-corrected chi connectivity index (χ2v) is 45.1. The molecule has 3 heterocycles. The molecule has 147 heavy (non-hydrogen) atoms. The fourth-order valence-electron chi connectivity index (χ4n) is 25.4. The van der Waals surface area contributed by atoms with Gasteiger partial charge in [-0.15, -0.1) is 0 Å². The summed E-state index contributed by atoms with van der Waals surface area (Å²) in [7, 11) is 20.3. The van der Waals surface area contributed by atoms with E-state index in [2.05, 4.69) is 156 Å². The van der Waals surface area contributed by atoms with Crippen LogP contribution in [0.1, 0.15) is 292 Å². The predicted octanol–water partition coefficient (Wildman–Crippen LogP) is 25.3. The summed E-state index contributed by atoms with van der Waals surface area (Å²) >= 11 is 0. The Labute approximate surface area is 883 Å². The molecule has 23 heteroatoms. The molecule has 2 saturated heterocycles. The third-order valence-electron chi connectivity index (χ3n) is 32.3. The Morgan fingerprint density at radius 2 is 0.721 bits per heavy atom. The second kappa shape index (κ2) is 56.3. The predicted molar refractivity (Wildman–Crippen MR) is 617 cm³/mol. The molecule has 22 rings (SSSR count). The van der Waals surface area contributed by atoms with Gasteiger partial charge in [-0.2, -0.15) is 0 Å². The van der Waals surface area contributed by atoms with Crippen molar-refractivity contribution in [2.45, 2.75) is 336 Å². The van der Waals surface area contributed by atoms with E-state index >= 15 is 0 Å². The van der Waals surface area contributed by atoms with E-state index in [0.717, 1.165) is 119 Å². The van der Waals surface area contributed by atoms with E-state index < -0.39 is 0 Å². The van der Waals surface area contributed by atoms with Crippen LogP contribution in [-0.4, -0.2) is 233 Å². The Hall–Kier alpha value is -11.3. The Morgan fingerprint density at radius 3 is 1.14 bits per heavy atom. The average Bonchev–Trinajstić information content (AvgIpc) is 1.44. The first kappa shape index (κ1) is 108. The number of nitrogens with one attached hydrogen (secondary N) is 7. The van der Waals surface area contributed by atoms with Crippen LogP contribution in [0, 0.1) is 17.8 Å². The van der Waals surface area contributed by atoms with Crippen LogP contribution in [0.25, 0.3) is 10.8 Å². The lowest BCUT2D eigenvalue weighted by Gasteiger charge is -2.57. The van der Waals surface area contributed by atoms with Crippen LogP contribution in [0.5, 0.6) is 5.75 Å². The molecule has 11 saturated carbocycles. The van der Waals surface area contributed by atoms with E-state index in [-0.39, 0.29) is 18.1 Å². The summed E-state index contributed by atoms with van der Waals surface area (Å²) in [5, 5.41) is 28.2. The first-order chi connectivity index (χ1) is 71.9. The summed E-state index contributed by atoms with van der Waals surface area (Å²) in [5.74, 6) is 11.0. The molecule has 23 nitrogen and oxygen atoms in total. The van der Waals surface area contributed by atoms with Gasteiger partial charge in [0.1, 0.15) is 12.4 Å². The topological polar surface area (TPSA) is 212 Å². The zero-order valence-electron chi connectivity index (χ0n) is 91.0. The van der Waals surface area contributed by atoms with Gasteiger partial charge in [-0.1, -0.05) is 293 Å². The Morgan fingerprint density at radius 1 is 0.354 bits per heavy atom. The van der Waals surface area contributed by atoms with Crippen LogP contribution in [0.3, 0.4) is 0 Å². The van der Waals surface area contributed by atoms with Gasteiger partial charge >= 0.3 is 0 Å². The zero-order valence-corrected chi connectivity index (χ0v) is 91.0. The monoisotopic (exact) mass is 1990 g/mol. The molecule has 3 atom stereocenters. The van der Waals surface area contributed by atoms with Crippen LogP contribution >= 0.6 is 0 Å². The maximum absolute atomic E-state index is 6.00. The number of nitrogens with zero attached hydrogens (tertiary/aromatic N) is 14. The van der Waals surface area contributed by atoms with Crippen LogP contribution in [0.2, 0.25) is 0 Å². The summed E-state index contributed by atoms with van der Waals surface area (Å²) in [6, 6.07) is 76.8. The summed E-state index contributed by atoms with van der Waals surface area (Å²) < 4.78 is 11.5. The van der Waals surface area contributed by atoms with Crippen molar-refractivity contribution in [3.8, 4) is 5.75 Å². The van der Waals surface area contributed by atoms with Gasteiger partial charge in [0.2, 0.25) is 17.9 Å². The van der Waals surface area contributed by atoms with Gasteiger partial charge in [-0.05, 0) is 223 Å². The highest BCUT2D eigenvalue weighted by Gasteiger charge is 2.52. The van der Waals surface area contributed by atoms with Crippen molar-refractivity contribution in [1.82, 2.24) is 60.9 Å². The molecule has 0 radical (unpaired) electrons. The summed E-state index contributed by atoms with van der Waals surface area (Å²) in [6.45, 7) is 4.29. The van der Waals surface area contributed by atoms with Gasteiger partial charge in [0.15, 0.2) is 23.8 Å². The molecule has 0 aromatic heterocycles. The minimum Gasteiger partial charge on any atom is -0.491 e. The normalized spacial score (nSPS) is 23.0. The number of rotatable bonds is 16. The molecule has 0 spiro atoms. The molecule has 8 aromatic carbocycles. The molecule has 13 fully saturated rings. The Bertz CT molecular complexity index is 5190. The van der Waals surface area contributed by atoms with Gasteiger partial charge in [0.05, 0.1) is 66.5 Å². The number of anilines is 2. The van der Waals surface area contributed by atoms with Crippen molar-refractivity contribution >= 4 is 80.9 Å². The highest BCUT2D eigenvalue weighted by atomic mass is 16.5. The molecule has 792 valence electrons. The van der Waals surface area contributed by atoms with E-state index in [1.54, 1.807) is 0 Å². The SMILES string of the molecule is C1CCC(N=C(NC2CCCCC2)N2CCOCC2)CC1.C1CCC(N=C(NC2CCCCC2)NC23CC4CC(CC(C4)C2)C3)CC1.C1CCC(N=C(NC2CCCCC2)NC2CCCCC2)CC1.CN(C)C(=Nc1cccc2cccc(N=C(N(C)C)N(C)C)c12)N(C)C.CN1C(=NC2COc3ccccc3C2)N(C)C(c2ccccc2)C1c1ccccc1.c1ccc(N=C(Nc2ccccc2)Nc2ccccc2)cc1. The Kier molecular flexibility index (Phi) is 41.5. The minimum absolute atomic E-state index is 0.116. The van der Waals surface area contributed by atoms with E-state index in [4.69, 9.17) is 39.4 Å². The molecule has 8 aromatic rings. The van der Waals surface area contributed by atoms with Crippen LogP contribution in [-0.2, 0) is 11.2 Å². The number of morpholine rings is 1. The number of likely N-dealkylation sites (N-methyl/N-ethyl adjacent to an activating group) is 2. The van der Waals surface area contributed by atoms with E-state index in [1.165, 1.54) is 292 Å². The van der Waals surface area contributed by atoms with Gasteiger partial charge < -0.3 is 81.0 Å². The third kappa shape index (κ3) is 32.8. The third-order valence-corrected chi connectivity index (χ3v) is 32.3. The summed E-state index contributed by atoms with van der Waals surface area (Å²) in [6.07, 6.45) is 57.3. The fourth-order valence-corrected chi connectivity index (χ4v) is 25.4. The highest BCUT2D eigenvalue weighted by molar-refractivity contribution is 6.06.